The van der Waals surface area contributed by atoms with Crippen molar-refractivity contribution in [3.63, 3.8) is 0 Å². The normalized spacial score (nSPS) is 10.9. The third-order valence-corrected chi connectivity index (χ3v) is 5.15. The van der Waals surface area contributed by atoms with Gasteiger partial charge in [-0.1, -0.05) is 41.0 Å². The Balaban J connectivity index is 1.58. The highest BCUT2D eigenvalue weighted by Crippen LogP contribution is 2.24. The van der Waals surface area contributed by atoms with Crippen LogP contribution in [0.3, 0.4) is 0 Å². The molecule has 3 aromatic rings. The molecule has 0 unspecified atom stereocenters. The standard InChI is InChI=1S/C17H16Cl2N4O2S/c1-2-23-16(14-4-3-7-25-14)21-22-17(23)26-10-15(24)20-9-11-5-6-12(18)8-13(11)19/h3-8H,2,9-10H2,1H3,(H,20,24). The predicted molar refractivity (Wildman–Crippen MR) is 102 cm³/mol. The molecular weight excluding hydrogens is 395 g/mol. The third-order valence-electron chi connectivity index (χ3n) is 3.60. The molecule has 0 saturated carbocycles. The molecule has 0 bridgehead atoms. The monoisotopic (exact) mass is 410 g/mol. The zero-order chi connectivity index (χ0) is 18.5. The van der Waals surface area contributed by atoms with Crippen LogP contribution in [0.1, 0.15) is 12.5 Å². The van der Waals surface area contributed by atoms with Gasteiger partial charge >= 0.3 is 0 Å². The van der Waals surface area contributed by atoms with Crippen LogP contribution in [0.4, 0.5) is 0 Å². The SMILES string of the molecule is CCn1c(SCC(=O)NCc2ccc(Cl)cc2Cl)nnc1-c1ccco1. The van der Waals surface area contributed by atoms with Crippen LogP contribution in [0.25, 0.3) is 11.6 Å². The first-order chi connectivity index (χ1) is 12.6. The number of amides is 1. The molecule has 2 heterocycles. The van der Waals surface area contributed by atoms with Gasteiger partial charge in [0.1, 0.15) is 0 Å². The molecule has 0 saturated heterocycles. The third kappa shape index (κ3) is 4.41. The van der Waals surface area contributed by atoms with Gasteiger partial charge in [0, 0.05) is 23.1 Å². The smallest absolute Gasteiger partial charge is 0.230 e. The molecule has 0 atom stereocenters. The number of hydrogen-bond acceptors (Lipinski definition) is 5. The van der Waals surface area contributed by atoms with Gasteiger partial charge in [0.2, 0.25) is 5.91 Å². The van der Waals surface area contributed by atoms with E-state index in [0.717, 1.165) is 5.56 Å². The van der Waals surface area contributed by atoms with Crippen LogP contribution in [0.15, 0.2) is 46.2 Å². The fourth-order valence-electron chi connectivity index (χ4n) is 2.31. The molecule has 0 fully saturated rings. The second kappa shape index (κ2) is 8.62. The summed E-state index contributed by atoms with van der Waals surface area (Å²) in [7, 11) is 0. The van der Waals surface area contributed by atoms with Crippen LogP contribution in [-0.2, 0) is 17.9 Å². The summed E-state index contributed by atoms with van der Waals surface area (Å²) in [4.78, 5) is 12.1. The highest BCUT2D eigenvalue weighted by atomic mass is 35.5. The first kappa shape index (κ1) is 18.8. The van der Waals surface area contributed by atoms with Crippen molar-refractivity contribution in [3.05, 3.63) is 52.2 Å². The van der Waals surface area contributed by atoms with Crippen molar-refractivity contribution in [1.29, 1.82) is 0 Å². The number of carbonyl (C=O) groups is 1. The van der Waals surface area contributed by atoms with Gasteiger partial charge in [-0.15, -0.1) is 10.2 Å². The second-order valence-electron chi connectivity index (χ2n) is 5.33. The Bertz CT molecular complexity index is 896. The van der Waals surface area contributed by atoms with Crippen molar-refractivity contribution >= 4 is 40.9 Å². The Hall–Kier alpha value is -1.96. The number of halogens is 2. The Labute approximate surface area is 164 Å². The molecular formula is C17H16Cl2N4O2S. The first-order valence-corrected chi connectivity index (χ1v) is 9.63. The molecule has 0 spiro atoms. The van der Waals surface area contributed by atoms with E-state index in [9.17, 15) is 4.79 Å². The Morgan fingerprint density at radius 3 is 2.85 bits per heavy atom. The minimum atomic E-state index is -0.119. The lowest BCUT2D eigenvalue weighted by Crippen LogP contribution is -2.24. The van der Waals surface area contributed by atoms with Crippen LogP contribution in [-0.4, -0.2) is 26.4 Å². The Morgan fingerprint density at radius 1 is 1.31 bits per heavy atom. The summed E-state index contributed by atoms with van der Waals surface area (Å²) < 4.78 is 7.28. The van der Waals surface area contributed by atoms with Crippen molar-refractivity contribution in [2.75, 3.05) is 5.75 Å². The summed E-state index contributed by atoms with van der Waals surface area (Å²) in [5.41, 5.74) is 0.811. The average Bonchev–Trinajstić information content (AvgIpc) is 3.28. The molecule has 26 heavy (non-hydrogen) atoms. The van der Waals surface area contributed by atoms with E-state index >= 15 is 0 Å². The number of hydrogen-bond donors (Lipinski definition) is 1. The summed E-state index contributed by atoms with van der Waals surface area (Å²) in [6.07, 6.45) is 1.59. The lowest BCUT2D eigenvalue weighted by molar-refractivity contribution is -0.118. The van der Waals surface area contributed by atoms with Crippen molar-refractivity contribution in [2.24, 2.45) is 0 Å². The lowest BCUT2D eigenvalue weighted by atomic mass is 10.2. The molecule has 1 amide bonds. The molecule has 0 aliphatic carbocycles. The van der Waals surface area contributed by atoms with Crippen LogP contribution in [0, 0.1) is 0 Å². The number of nitrogens with zero attached hydrogens (tertiary/aromatic N) is 3. The number of carbonyl (C=O) groups excluding carboxylic acids is 1. The summed E-state index contributed by atoms with van der Waals surface area (Å²) >= 11 is 13.3. The predicted octanol–water partition coefficient (Wildman–Crippen LogP) is 4.27. The van der Waals surface area contributed by atoms with Gasteiger partial charge in [-0.05, 0) is 36.8 Å². The molecule has 0 radical (unpaired) electrons. The molecule has 0 aliphatic heterocycles. The van der Waals surface area contributed by atoms with Gasteiger partial charge in [0.05, 0.1) is 12.0 Å². The van der Waals surface area contributed by atoms with E-state index in [1.165, 1.54) is 11.8 Å². The van der Waals surface area contributed by atoms with Crippen molar-refractivity contribution < 1.29 is 9.21 Å². The van der Waals surface area contributed by atoms with Gasteiger partial charge < -0.3 is 9.73 Å². The summed E-state index contributed by atoms with van der Waals surface area (Å²) in [5, 5.41) is 12.9. The molecule has 3 rings (SSSR count). The molecule has 9 heteroatoms. The zero-order valence-electron chi connectivity index (χ0n) is 13.9. The quantitative estimate of drug-likeness (QED) is 0.588. The molecule has 0 aliphatic rings. The summed E-state index contributed by atoms with van der Waals surface area (Å²) in [5.74, 6) is 1.40. The van der Waals surface area contributed by atoms with Gasteiger partial charge in [-0.3, -0.25) is 9.36 Å². The van der Waals surface area contributed by atoms with Crippen molar-refractivity contribution in [1.82, 2.24) is 20.1 Å². The first-order valence-electron chi connectivity index (χ1n) is 7.89. The van der Waals surface area contributed by atoms with Crippen molar-refractivity contribution in [3.8, 4) is 11.6 Å². The minimum Gasteiger partial charge on any atom is -0.461 e. The molecule has 1 N–H and O–H groups in total. The van der Waals surface area contributed by atoms with Crippen LogP contribution in [0.5, 0.6) is 0 Å². The van der Waals surface area contributed by atoms with Gasteiger partial charge in [-0.25, -0.2) is 0 Å². The van der Waals surface area contributed by atoms with E-state index in [0.29, 0.717) is 39.9 Å². The largest absolute Gasteiger partial charge is 0.461 e. The fourth-order valence-corrected chi connectivity index (χ4v) is 3.62. The van der Waals surface area contributed by atoms with Crippen LogP contribution < -0.4 is 5.32 Å². The average molecular weight is 411 g/mol. The number of nitrogens with one attached hydrogen (secondary N) is 1. The van der Waals surface area contributed by atoms with Crippen LogP contribution >= 0.6 is 35.0 Å². The molecule has 136 valence electrons. The fraction of sp³-hybridized carbons (Fsp3) is 0.235. The summed E-state index contributed by atoms with van der Waals surface area (Å²) in [6, 6.07) is 8.81. The number of rotatable bonds is 7. The Morgan fingerprint density at radius 2 is 2.15 bits per heavy atom. The van der Waals surface area contributed by atoms with E-state index in [1.54, 1.807) is 30.5 Å². The van der Waals surface area contributed by atoms with E-state index in [-0.39, 0.29) is 11.7 Å². The highest BCUT2D eigenvalue weighted by Gasteiger charge is 2.16. The topological polar surface area (TPSA) is 73.0 Å². The maximum Gasteiger partial charge on any atom is 0.230 e. The van der Waals surface area contributed by atoms with Gasteiger partial charge in [0.25, 0.3) is 0 Å². The lowest BCUT2D eigenvalue weighted by Gasteiger charge is -2.08. The van der Waals surface area contributed by atoms with E-state index in [4.69, 9.17) is 27.6 Å². The number of aromatic nitrogens is 3. The van der Waals surface area contributed by atoms with Crippen molar-refractivity contribution in [2.45, 2.75) is 25.2 Å². The minimum absolute atomic E-state index is 0.119. The highest BCUT2D eigenvalue weighted by molar-refractivity contribution is 7.99. The molecule has 6 nitrogen and oxygen atoms in total. The number of thioether (sulfide) groups is 1. The van der Waals surface area contributed by atoms with Gasteiger partial charge in [0.15, 0.2) is 16.7 Å². The summed E-state index contributed by atoms with van der Waals surface area (Å²) in [6.45, 7) is 3.00. The number of benzene rings is 1. The maximum atomic E-state index is 12.1. The second-order valence-corrected chi connectivity index (χ2v) is 7.12. The van der Waals surface area contributed by atoms with E-state index in [1.807, 2.05) is 17.6 Å². The zero-order valence-corrected chi connectivity index (χ0v) is 16.2. The molecule has 1 aromatic carbocycles. The number of furan rings is 1. The molecule has 2 aromatic heterocycles. The van der Waals surface area contributed by atoms with E-state index in [2.05, 4.69) is 15.5 Å². The Kier molecular flexibility index (Phi) is 6.24. The van der Waals surface area contributed by atoms with E-state index < -0.39 is 0 Å². The maximum absolute atomic E-state index is 12.1. The van der Waals surface area contributed by atoms with Gasteiger partial charge in [-0.2, -0.15) is 0 Å². The van der Waals surface area contributed by atoms with Crippen LogP contribution in [0.2, 0.25) is 10.0 Å².